The van der Waals surface area contributed by atoms with Crippen LogP contribution in [-0.2, 0) is 20.6 Å². The van der Waals surface area contributed by atoms with Crippen LogP contribution in [0.1, 0.15) is 54.7 Å². The summed E-state index contributed by atoms with van der Waals surface area (Å²) in [5.74, 6) is 1.06. The van der Waals surface area contributed by atoms with Crippen molar-refractivity contribution in [1.29, 1.82) is 0 Å². The highest BCUT2D eigenvalue weighted by atomic mass is 16.3. The summed E-state index contributed by atoms with van der Waals surface area (Å²) < 4.78 is 3.85. The molecule has 6 nitrogen and oxygen atoms in total. The first kappa shape index (κ1) is 15.8. The Balaban J connectivity index is 1.36. The molecular formula is C18H27N5O. The molecule has 6 heteroatoms. The maximum atomic E-state index is 10.6. The summed E-state index contributed by atoms with van der Waals surface area (Å²) in [5.41, 5.74) is 3.76. The van der Waals surface area contributed by atoms with E-state index in [4.69, 9.17) is 0 Å². The Kier molecular flexibility index (Phi) is 4.18. The van der Waals surface area contributed by atoms with Gasteiger partial charge < -0.3 is 5.11 Å². The summed E-state index contributed by atoms with van der Waals surface area (Å²) >= 11 is 0. The predicted molar refractivity (Wildman–Crippen MR) is 91.4 cm³/mol. The van der Waals surface area contributed by atoms with Gasteiger partial charge in [-0.25, -0.2) is 0 Å². The van der Waals surface area contributed by atoms with Crippen molar-refractivity contribution in [3.63, 3.8) is 0 Å². The molecule has 24 heavy (non-hydrogen) atoms. The van der Waals surface area contributed by atoms with Gasteiger partial charge in [-0.3, -0.25) is 14.3 Å². The molecule has 4 rings (SSSR count). The minimum atomic E-state index is -0.403. The van der Waals surface area contributed by atoms with E-state index < -0.39 is 6.10 Å². The van der Waals surface area contributed by atoms with E-state index in [0.29, 0.717) is 5.92 Å². The van der Waals surface area contributed by atoms with Crippen molar-refractivity contribution in [1.82, 2.24) is 24.5 Å². The van der Waals surface area contributed by atoms with E-state index >= 15 is 0 Å². The molecule has 1 aliphatic carbocycles. The van der Waals surface area contributed by atoms with Crippen LogP contribution in [0.2, 0.25) is 0 Å². The van der Waals surface area contributed by atoms with Gasteiger partial charge in [0.2, 0.25) is 0 Å². The van der Waals surface area contributed by atoms with Gasteiger partial charge in [-0.1, -0.05) is 0 Å². The normalized spacial score (nSPS) is 21.3. The lowest BCUT2D eigenvalue weighted by Gasteiger charge is -2.34. The zero-order chi connectivity index (χ0) is 16.7. The maximum absolute atomic E-state index is 10.6. The molecule has 0 aromatic carbocycles. The van der Waals surface area contributed by atoms with Crippen molar-refractivity contribution in [3.05, 3.63) is 35.4 Å². The van der Waals surface area contributed by atoms with E-state index in [0.717, 1.165) is 44.1 Å². The van der Waals surface area contributed by atoms with Crippen molar-refractivity contribution in [2.45, 2.75) is 44.2 Å². The van der Waals surface area contributed by atoms with Crippen LogP contribution in [0.25, 0.3) is 0 Å². The lowest BCUT2D eigenvalue weighted by atomic mass is 9.89. The van der Waals surface area contributed by atoms with Crippen LogP contribution in [0.4, 0.5) is 0 Å². The largest absolute Gasteiger partial charge is 0.387 e. The zero-order valence-corrected chi connectivity index (χ0v) is 14.6. The molecule has 2 fully saturated rings. The number of rotatable bonds is 5. The first-order valence-electron chi connectivity index (χ1n) is 9.02. The van der Waals surface area contributed by atoms with Gasteiger partial charge in [-0.15, -0.1) is 0 Å². The molecule has 0 bridgehead atoms. The van der Waals surface area contributed by atoms with E-state index in [1.54, 1.807) is 10.9 Å². The lowest BCUT2D eigenvalue weighted by Crippen LogP contribution is -2.35. The molecule has 0 radical (unpaired) electrons. The Labute approximate surface area is 143 Å². The summed E-state index contributed by atoms with van der Waals surface area (Å²) in [4.78, 5) is 2.51. The fourth-order valence-electron chi connectivity index (χ4n) is 4.08. The summed E-state index contributed by atoms with van der Waals surface area (Å²) in [5, 5.41) is 19.3. The van der Waals surface area contributed by atoms with Crippen LogP contribution >= 0.6 is 0 Å². The number of aliphatic hydroxyl groups excluding tert-OH is 1. The van der Waals surface area contributed by atoms with E-state index in [1.807, 2.05) is 19.3 Å². The zero-order valence-electron chi connectivity index (χ0n) is 14.6. The third-order valence-corrected chi connectivity index (χ3v) is 5.66. The van der Waals surface area contributed by atoms with Crippen molar-refractivity contribution in [2.24, 2.45) is 20.0 Å². The second-order valence-electron chi connectivity index (χ2n) is 7.39. The summed E-state index contributed by atoms with van der Waals surface area (Å²) in [7, 11) is 3.96. The van der Waals surface area contributed by atoms with Gasteiger partial charge in [0, 0.05) is 44.0 Å². The van der Waals surface area contributed by atoms with E-state index in [2.05, 4.69) is 26.8 Å². The molecule has 1 unspecified atom stereocenters. The number of hydrogen-bond donors (Lipinski definition) is 1. The summed E-state index contributed by atoms with van der Waals surface area (Å²) in [6.07, 6.45) is 8.09. The van der Waals surface area contributed by atoms with E-state index in [9.17, 15) is 5.11 Å². The average molecular weight is 329 g/mol. The minimum absolute atomic E-state index is 0.327. The van der Waals surface area contributed by atoms with Crippen LogP contribution in [0.5, 0.6) is 0 Å². The number of aliphatic hydroxyl groups is 1. The molecule has 130 valence electrons. The Morgan fingerprint density at radius 2 is 1.88 bits per heavy atom. The Morgan fingerprint density at radius 1 is 1.12 bits per heavy atom. The molecule has 0 amide bonds. The number of aryl methyl sites for hydroxylation is 2. The fourth-order valence-corrected chi connectivity index (χ4v) is 4.08. The van der Waals surface area contributed by atoms with Crippen molar-refractivity contribution in [2.75, 3.05) is 13.1 Å². The maximum Gasteiger partial charge on any atom is 0.0985 e. The number of nitrogens with zero attached hydrogens (tertiary/aromatic N) is 5. The SMILES string of the molecule is Cn1nccc1C(O)C1CCN(Cc2cnn(C)c2C2CC2)CC1. The second-order valence-corrected chi connectivity index (χ2v) is 7.39. The minimum Gasteiger partial charge on any atom is -0.387 e. The molecule has 1 N–H and O–H groups in total. The van der Waals surface area contributed by atoms with Gasteiger partial charge in [-0.2, -0.15) is 10.2 Å². The first-order chi connectivity index (χ1) is 11.6. The number of likely N-dealkylation sites (tertiary alicyclic amines) is 1. The highest BCUT2D eigenvalue weighted by molar-refractivity contribution is 5.25. The summed E-state index contributed by atoms with van der Waals surface area (Å²) in [6, 6.07) is 1.93. The number of aromatic nitrogens is 4. The topological polar surface area (TPSA) is 59.1 Å². The third kappa shape index (κ3) is 3.00. The molecule has 2 aromatic rings. The lowest BCUT2D eigenvalue weighted by molar-refractivity contribution is 0.0514. The second kappa shape index (κ2) is 6.33. The number of piperidine rings is 1. The quantitative estimate of drug-likeness (QED) is 0.911. The molecule has 0 spiro atoms. The van der Waals surface area contributed by atoms with Gasteiger partial charge in [0.1, 0.15) is 0 Å². The Hall–Kier alpha value is -1.66. The van der Waals surface area contributed by atoms with Crippen LogP contribution < -0.4 is 0 Å². The van der Waals surface area contributed by atoms with E-state index in [-0.39, 0.29) is 0 Å². The number of hydrogen-bond acceptors (Lipinski definition) is 4. The summed E-state index contributed by atoms with van der Waals surface area (Å²) in [6.45, 7) is 3.07. The van der Waals surface area contributed by atoms with Crippen LogP contribution in [0, 0.1) is 5.92 Å². The first-order valence-corrected chi connectivity index (χ1v) is 9.02. The highest BCUT2D eigenvalue weighted by Gasteiger charge is 2.31. The smallest absolute Gasteiger partial charge is 0.0985 e. The van der Waals surface area contributed by atoms with Crippen molar-refractivity contribution >= 4 is 0 Å². The Bertz CT molecular complexity index is 694. The van der Waals surface area contributed by atoms with Crippen molar-refractivity contribution < 1.29 is 5.11 Å². The molecule has 1 aliphatic heterocycles. The van der Waals surface area contributed by atoms with Gasteiger partial charge >= 0.3 is 0 Å². The Morgan fingerprint density at radius 3 is 2.50 bits per heavy atom. The molecule has 2 aliphatic rings. The van der Waals surface area contributed by atoms with Gasteiger partial charge in [0.15, 0.2) is 0 Å². The van der Waals surface area contributed by atoms with Crippen LogP contribution in [0.15, 0.2) is 18.5 Å². The van der Waals surface area contributed by atoms with Crippen LogP contribution in [0.3, 0.4) is 0 Å². The van der Waals surface area contributed by atoms with E-state index in [1.165, 1.54) is 24.1 Å². The van der Waals surface area contributed by atoms with Crippen LogP contribution in [-0.4, -0.2) is 42.7 Å². The predicted octanol–water partition coefficient (Wildman–Crippen LogP) is 1.98. The standard InChI is InChI=1S/C18H27N5O/c1-21-16(5-8-19-21)18(24)14-6-9-23(10-7-14)12-15-11-20-22(2)17(15)13-3-4-13/h5,8,11,13-14,18,24H,3-4,6-7,9-10,12H2,1-2H3. The molecule has 1 saturated heterocycles. The van der Waals surface area contributed by atoms with Crippen molar-refractivity contribution in [3.8, 4) is 0 Å². The highest BCUT2D eigenvalue weighted by Crippen LogP contribution is 2.41. The average Bonchev–Trinajstić information content (AvgIpc) is 3.22. The van der Waals surface area contributed by atoms with Gasteiger partial charge in [-0.05, 0) is 50.8 Å². The molecule has 2 aromatic heterocycles. The molecule has 1 atom stereocenters. The molecule has 1 saturated carbocycles. The molecular weight excluding hydrogens is 302 g/mol. The monoisotopic (exact) mass is 329 g/mol. The van der Waals surface area contributed by atoms with Gasteiger partial charge in [0.25, 0.3) is 0 Å². The van der Waals surface area contributed by atoms with Gasteiger partial charge in [0.05, 0.1) is 18.0 Å². The third-order valence-electron chi connectivity index (χ3n) is 5.66. The fraction of sp³-hybridized carbons (Fsp3) is 0.667. The molecule has 3 heterocycles.